The highest BCUT2D eigenvalue weighted by Gasteiger charge is 2.56. The number of carbonyl (C=O) groups excluding carboxylic acids is 2. The van der Waals surface area contributed by atoms with Crippen LogP contribution in [-0.4, -0.2) is 79.7 Å². The summed E-state index contributed by atoms with van der Waals surface area (Å²) in [5, 5.41) is 2.67. The summed E-state index contributed by atoms with van der Waals surface area (Å²) in [7, 11) is -2.06. The second-order valence-electron chi connectivity index (χ2n) is 12.9. The molecule has 254 valence electrons. The van der Waals surface area contributed by atoms with Crippen molar-refractivity contribution in [1.29, 1.82) is 0 Å². The van der Waals surface area contributed by atoms with Gasteiger partial charge < -0.3 is 10.1 Å². The number of halogens is 5. The maximum Gasteiger partial charge on any atom is 0.453 e. The predicted octanol–water partition coefficient (Wildman–Crippen LogP) is 6.06. The summed E-state index contributed by atoms with van der Waals surface area (Å²) in [5.41, 5.74) is 1.40. The molecule has 1 fully saturated rings. The lowest BCUT2D eigenvalue weighted by Gasteiger charge is -2.34. The molecule has 0 radical (unpaired) electrons. The summed E-state index contributed by atoms with van der Waals surface area (Å²) in [6.45, 7) is 9.25. The summed E-state index contributed by atoms with van der Waals surface area (Å²) in [5.74, 6) is -4.89. The topological polar surface area (TPSA) is 108 Å². The number of benzene rings is 1. The molecule has 1 saturated heterocycles. The molecule has 0 aromatic heterocycles. The number of nitrogens with one attached hydrogen (secondary N) is 1. The molecule has 0 atom stereocenters. The number of amides is 2. The zero-order valence-electron chi connectivity index (χ0n) is 26.6. The molecule has 15 heteroatoms. The van der Waals surface area contributed by atoms with Crippen molar-refractivity contribution >= 4 is 33.5 Å². The van der Waals surface area contributed by atoms with E-state index in [4.69, 9.17) is 4.74 Å². The first-order valence-electron chi connectivity index (χ1n) is 15.0. The third kappa shape index (κ3) is 9.14. The Morgan fingerprint density at radius 3 is 2.13 bits per heavy atom. The number of hydrogen-bond donors (Lipinski definition) is 1. The van der Waals surface area contributed by atoms with E-state index in [1.165, 1.54) is 9.21 Å². The SMILES string of the molecule is Cc1cc(N(C)C(=O)OC(C)(C)C)cc(C)c1CCS(=O)(=O)N1CCC2(CC1)N=C(CCCCCC(F)(F)C(F)(F)F)NC2=O. The molecule has 45 heavy (non-hydrogen) atoms. The number of rotatable bonds is 11. The van der Waals surface area contributed by atoms with Gasteiger partial charge in [-0.3, -0.25) is 14.7 Å². The van der Waals surface area contributed by atoms with Crippen LogP contribution < -0.4 is 10.2 Å². The van der Waals surface area contributed by atoms with E-state index in [0.717, 1.165) is 16.7 Å². The molecule has 0 saturated carbocycles. The van der Waals surface area contributed by atoms with Gasteiger partial charge in [0.25, 0.3) is 5.91 Å². The number of amidine groups is 1. The fraction of sp³-hybridized carbons (Fsp3) is 0.700. The number of hydrogen-bond acceptors (Lipinski definition) is 6. The van der Waals surface area contributed by atoms with Crippen molar-refractivity contribution in [2.75, 3.05) is 30.8 Å². The highest BCUT2D eigenvalue weighted by molar-refractivity contribution is 7.89. The number of carbonyl (C=O) groups is 2. The Bertz CT molecular complexity index is 1380. The number of alkyl halides is 5. The number of nitrogens with zero attached hydrogens (tertiary/aromatic N) is 3. The van der Waals surface area contributed by atoms with Crippen molar-refractivity contribution in [1.82, 2.24) is 9.62 Å². The first-order chi connectivity index (χ1) is 20.6. The van der Waals surface area contributed by atoms with Crippen LogP contribution in [0, 0.1) is 13.8 Å². The average molecular weight is 667 g/mol. The van der Waals surface area contributed by atoms with Crippen LogP contribution >= 0.6 is 0 Å². The molecule has 1 N–H and O–H groups in total. The Morgan fingerprint density at radius 2 is 1.60 bits per heavy atom. The van der Waals surface area contributed by atoms with E-state index in [1.54, 1.807) is 27.8 Å². The monoisotopic (exact) mass is 666 g/mol. The Balaban J connectivity index is 1.54. The summed E-state index contributed by atoms with van der Waals surface area (Å²) in [6, 6.07) is 3.63. The maximum atomic E-state index is 13.3. The van der Waals surface area contributed by atoms with E-state index in [-0.39, 0.29) is 69.7 Å². The molecule has 2 amide bonds. The van der Waals surface area contributed by atoms with Crippen LogP contribution in [0.2, 0.25) is 0 Å². The Hall–Kier alpha value is -2.81. The van der Waals surface area contributed by atoms with E-state index in [1.807, 2.05) is 26.0 Å². The van der Waals surface area contributed by atoms with Crippen LogP contribution in [0.1, 0.15) is 82.4 Å². The molecule has 1 aromatic carbocycles. The number of aryl methyl sites for hydroxylation is 2. The van der Waals surface area contributed by atoms with Gasteiger partial charge in [0, 0.05) is 38.7 Å². The van der Waals surface area contributed by atoms with Gasteiger partial charge in [0.15, 0.2) is 0 Å². The molecule has 1 aromatic rings. The van der Waals surface area contributed by atoms with Crippen molar-refractivity contribution in [2.45, 2.75) is 109 Å². The summed E-state index contributed by atoms with van der Waals surface area (Å²) >= 11 is 0. The van der Waals surface area contributed by atoms with Crippen molar-refractivity contribution in [3.8, 4) is 0 Å². The molecular weight excluding hydrogens is 623 g/mol. The number of piperidine rings is 1. The van der Waals surface area contributed by atoms with E-state index < -0.39 is 45.8 Å². The quantitative estimate of drug-likeness (QED) is 0.228. The Kier molecular flexibility index (Phi) is 11.0. The first kappa shape index (κ1) is 36.7. The van der Waals surface area contributed by atoms with Gasteiger partial charge in [-0.05, 0) is 95.5 Å². The largest absolute Gasteiger partial charge is 0.453 e. The Labute approximate surface area is 261 Å². The lowest BCUT2D eigenvalue weighted by Crippen LogP contribution is -2.50. The lowest BCUT2D eigenvalue weighted by atomic mass is 9.89. The normalized spacial score (nSPS) is 17.8. The third-order valence-electron chi connectivity index (χ3n) is 8.14. The molecule has 2 aliphatic heterocycles. The second kappa shape index (κ2) is 13.5. The van der Waals surface area contributed by atoms with Gasteiger partial charge in [-0.2, -0.15) is 22.0 Å². The van der Waals surface area contributed by atoms with E-state index in [2.05, 4.69) is 10.3 Å². The first-order valence-corrected chi connectivity index (χ1v) is 16.6. The predicted molar refractivity (Wildman–Crippen MR) is 161 cm³/mol. The van der Waals surface area contributed by atoms with Crippen molar-refractivity contribution < 1.29 is 44.7 Å². The minimum absolute atomic E-state index is 0.0939. The number of unbranched alkanes of at least 4 members (excludes halogenated alkanes) is 2. The molecule has 9 nitrogen and oxygen atoms in total. The number of ether oxygens (including phenoxy) is 1. The van der Waals surface area contributed by atoms with Gasteiger partial charge in [-0.15, -0.1) is 0 Å². The van der Waals surface area contributed by atoms with Crippen molar-refractivity contribution in [2.24, 2.45) is 4.99 Å². The van der Waals surface area contributed by atoms with Gasteiger partial charge in [0.2, 0.25) is 10.0 Å². The fourth-order valence-corrected chi connectivity index (χ4v) is 6.95. The van der Waals surface area contributed by atoms with E-state index >= 15 is 0 Å². The molecule has 0 aliphatic carbocycles. The summed E-state index contributed by atoms with van der Waals surface area (Å²) in [6.07, 6.45) is -6.48. The average Bonchev–Trinajstić information content (AvgIpc) is 3.19. The van der Waals surface area contributed by atoms with Crippen LogP contribution in [0.4, 0.5) is 32.4 Å². The molecule has 2 heterocycles. The van der Waals surface area contributed by atoms with E-state index in [9.17, 15) is 40.0 Å². The zero-order valence-corrected chi connectivity index (χ0v) is 27.4. The number of sulfonamides is 1. The van der Waals surface area contributed by atoms with Gasteiger partial charge in [-0.1, -0.05) is 6.42 Å². The van der Waals surface area contributed by atoms with Gasteiger partial charge in [0.05, 0.1) is 5.75 Å². The highest BCUT2D eigenvalue weighted by Crippen LogP contribution is 2.39. The molecule has 0 bridgehead atoms. The van der Waals surface area contributed by atoms with Gasteiger partial charge >= 0.3 is 18.2 Å². The van der Waals surface area contributed by atoms with Gasteiger partial charge in [-0.25, -0.2) is 17.5 Å². The van der Waals surface area contributed by atoms with Crippen molar-refractivity contribution in [3.05, 3.63) is 28.8 Å². The molecular formula is C30H43F5N4O5S. The zero-order chi connectivity index (χ0) is 34.0. The smallest absolute Gasteiger partial charge is 0.443 e. The van der Waals surface area contributed by atoms with Crippen molar-refractivity contribution in [3.63, 3.8) is 0 Å². The number of anilines is 1. The van der Waals surface area contributed by atoms with Crippen LogP contribution in [0.3, 0.4) is 0 Å². The van der Waals surface area contributed by atoms with Crippen LogP contribution in [-0.2, 0) is 26.0 Å². The van der Waals surface area contributed by atoms with Crippen LogP contribution in [0.5, 0.6) is 0 Å². The molecule has 0 unspecified atom stereocenters. The maximum absolute atomic E-state index is 13.3. The van der Waals surface area contributed by atoms with Crippen LogP contribution in [0.15, 0.2) is 17.1 Å². The third-order valence-corrected chi connectivity index (χ3v) is 10.0. The molecule has 2 aliphatic rings. The molecule has 3 rings (SSSR count). The minimum Gasteiger partial charge on any atom is -0.443 e. The summed E-state index contributed by atoms with van der Waals surface area (Å²) in [4.78, 5) is 31.2. The Morgan fingerprint density at radius 1 is 1.02 bits per heavy atom. The summed E-state index contributed by atoms with van der Waals surface area (Å²) < 4.78 is 96.4. The van der Waals surface area contributed by atoms with Gasteiger partial charge in [0.1, 0.15) is 17.0 Å². The lowest BCUT2D eigenvalue weighted by molar-refractivity contribution is -0.284. The minimum atomic E-state index is -5.57. The highest BCUT2D eigenvalue weighted by atomic mass is 32.2. The van der Waals surface area contributed by atoms with E-state index in [0.29, 0.717) is 11.5 Å². The standard InChI is InChI=1S/C30H43F5N4O5S/c1-20-18-22(38(6)26(41)44-27(3,4)5)19-21(2)23(20)11-17-45(42,43)39-15-13-28(14-16-39)25(40)36-24(37-28)10-8-7-9-12-29(31,32)30(33,34)35/h18-19H,7-17H2,1-6H3,(H,36,37,40). The van der Waals surface area contributed by atoms with Crippen LogP contribution in [0.25, 0.3) is 0 Å². The molecule has 1 spiro atoms. The number of aliphatic imine (C=N–C) groups is 1. The fourth-order valence-electron chi connectivity index (χ4n) is 5.49. The second-order valence-corrected chi connectivity index (χ2v) is 15.0.